The van der Waals surface area contributed by atoms with Crippen molar-refractivity contribution < 1.29 is 4.79 Å². The summed E-state index contributed by atoms with van der Waals surface area (Å²) in [6, 6.07) is 1.90. The molecule has 0 aliphatic heterocycles. The molecule has 102 valence electrons. The van der Waals surface area contributed by atoms with Gasteiger partial charge in [0, 0.05) is 18.7 Å². The van der Waals surface area contributed by atoms with Gasteiger partial charge >= 0.3 is 0 Å². The van der Waals surface area contributed by atoms with Crippen LogP contribution in [-0.2, 0) is 0 Å². The lowest BCUT2D eigenvalue weighted by Crippen LogP contribution is -2.37. The molecule has 1 aliphatic carbocycles. The highest BCUT2D eigenvalue weighted by Gasteiger charge is 2.24. The van der Waals surface area contributed by atoms with E-state index in [1.54, 1.807) is 0 Å². The number of hydrogen-bond acceptors (Lipinski definition) is 3. The van der Waals surface area contributed by atoms with Crippen LogP contribution in [0.4, 0.5) is 0 Å². The van der Waals surface area contributed by atoms with Gasteiger partial charge in [0.15, 0.2) is 0 Å². The first-order chi connectivity index (χ1) is 9.26. The molecule has 0 unspecified atom stereocenters. The second-order valence-corrected chi connectivity index (χ2v) is 5.73. The summed E-state index contributed by atoms with van der Waals surface area (Å²) in [4.78, 5) is 15.2. The van der Waals surface area contributed by atoms with Gasteiger partial charge in [0.05, 0.1) is 6.54 Å². The van der Waals surface area contributed by atoms with E-state index in [1.165, 1.54) is 30.6 Å². The van der Waals surface area contributed by atoms with Crippen LogP contribution in [0.15, 0.2) is 11.4 Å². The number of thiophene rings is 1. The van der Waals surface area contributed by atoms with Crippen LogP contribution in [0.5, 0.6) is 0 Å². The molecule has 0 atom stereocenters. The Kier molecular flexibility index (Phi) is 5.00. The quantitative estimate of drug-likeness (QED) is 0.858. The predicted molar refractivity (Wildman–Crippen MR) is 79.2 cm³/mol. The Morgan fingerprint density at radius 2 is 2.37 bits per heavy atom. The van der Waals surface area contributed by atoms with Crippen LogP contribution < -0.4 is 5.73 Å². The minimum absolute atomic E-state index is 0.116. The first-order valence-electron chi connectivity index (χ1n) is 6.82. The van der Waals surface area contributed by atoms with Gasteiger partial charge in [-0.05, 0) is 37.1 Å². The van der Waals surface area contributed by atoms with Gasteiger partial charge in [-0.2, -0.15) is 0 Å². The number of carbonyl (C=O) groups is 1. The zero-order chi connectivity index (χ0) is 13.7. The fourth-order valence-corrected chi connectivity index (χ4v) is 3.02. The summed E-state index contributed by atoms with van der Waals surface area (Å²) in [5.74, 6) is 6.61. The van der Waals surface area contributed by atoms with Crippen LogP contribution in [0.2, 0.25) is 0 Å². The molecule has 1 saturated carbocycles. The summed E-state index contributed by atoms with van der Waals surface area (Å²) >= 11 is 1.47. The molecule has 1 fully saturated rings. The van der Waals surface area contributed by atoms with Crippen LogP contribution in [0.3, 0.4) is 0 Å². The average Bonchev–Trinajstić information content (AvgIpc) is 2.83. The van der Waals surface area contributed by atoms with Crippen molar-refractivity contribution in [1.29, 1.82) is 0 Å². The average molecular weight is 276 g/mol. The lowest BCUT2D eigenvalue weighted by Gasteiger charge is -2.31. The van der Waals surface area contributed by atoms with E-state index in [-0.39, 0.29) is 5.91 Å². The van der Waals surface area contributed by atoms with Crippen molar-refractivity contribution in [2.45, 2.75) is 26.2 Å². The number of rotatable bonds is 4. The summed E-state index contributed by atoms with van der Waals surface area (Å²) in [5, 5.41) is 1.92. The minimum Gasteiger partial charge on any atom is -0.338 e. The third-order valence-electron chi connectivity index (χ3n) is 3.56. The summed E-state index contributed by atoms with van der Waals surface area (Å²) in [6.45, 7) is 4.01. The second-order valence-electron chi connectivity index (χ2n) is 4.81. The number of carbonyl (C=O) groups excluding carboxylic acids is 1. The van der Waals surface area contributed by atoms with E-state index >= 15 is 0 Å². The van der Waals surface area contributed by atoms with E-state index < -0.39 is 0 Å². The van der Waals surface area contributed by atoms with Crippen LogP contribution in [0.1, 0.15) is 41.4 Å². The number of hydrogen-bond donors (Lipinski definition) is 1. The van der Waals surface area contributed by atoms with E-state index in [0.29, 0.717) is 12.5 Å². The van der Waals surface area contributed by atoms with Crippen molar-refractivity contribution in [1.82, 2.24) is 4.90 Å². The maximum absolute atomic E-state index is 12.5. The largest absolute Gasteiger partial charge is 0.338 e. The van der Waals surface area contributed by atoms with Gasteiger partial charge < -0.3 is 10.6 Å². The van der Waals surface area contributed by atoms with Crippen molar-refractivity contribution in [3.8, 4) is 11.8 Å². The van der Waals surface area contributed by atoms with E-state index in [1.807, 2.05) is 23.3 Å². The molecule has 1 aliphatic rings. The zero-order valence-electron chi connectivity index (χ0n) is 11.3. The predicted octanol–water partition coefficient (Wildman–Crippen LogP) is 2.32. The Labute approximate surface area is 118 Å². The molecular formula is C15H20N2OS. The van der Waals surface area contributed by atoms with Gasteiger partial charge in [-0.3, -0.25) is 4.79 Å². The van der Waals surface area contributed by atoms with Crippen LogP contribution in [-0.4, -0.2) is 30.4 Å². The van der Waals surface area contributed by atoms with Gasteiger partial charge in [0.2, 0.25) is 0 Å². The minimum atomic E-state index is 0.116. The maximum Gasteiger partial charge on any atom is 0.265 e. The van der Waals surface area contributed by atoms with E-state index in [4.69, 9.17) is 5.73 Å². The van der Waals surface area contributed by atoms with Crippen molar-refractivity contribution >= 4 is 17.2 Å². The Hall–Kier alpha value is -1.31. The molecule has 1 aromatic heterocycles. The summed E-state index contributed by atoms with van der Waals surface area (Å²) in [5.41, 5.74) is 6.20. The van der Waals surface area contributed by atoms with Crippen molar-refractivity contribution in [2.75, 3.05) is 19.6 Å². The highest BCUT2D eigenvalue weighted by molar-refractivity contribution is 7.12. The number of amides is 1. The third kappa shape index (κ3) is 3.37. The molecule has 0 radical (unpaired) electrons. The van der Waals surface area contributed by atoms with Crippen molar-refractivity contribution in [3.05, 3.63) is 21.9 Å². The summed E-state index contributed by atoms with van der Waals surface area (Å²) in [6.07, 6.45) is 3.82. The Morgan fingerprint density at radius 3 is 2.95 bits per heavy atom. The molecule has 0 saturated heterocycles. The Morgan fingerprint density at radius 1 is 1.58 bits per heavy atom. The van der Waals surface area contributed by atoms with Gasteiger partial charge in [-0.15, -0.1) is 11.3 Å². The highest BCUT2D eigenvalue weighted by Crippen LogP contribution is 2.28. The molecule has 2 rings (SSSR count). The van der Waals surface area contributed by atoms with Crippen LogP contribution >= 0.6 is 11.3 Å². The standard InChI is InChI=1S/C15H20N2OS/c1-2-17(11-12-5-3-6-12)15(18)14-13(7-4-9-16)8-10-19-14/h8,10,12H,2-3,5-6,9,11,16H2,1H3. The summed E-state index contributed by atoms with van der Waals surface area (Å²) in [7, 11) is 0. The molecule has 0 spiro atoms. The fourth-order valence-electron chi connectivity index (χ4n) is 2.21. The highest BCUT2D eigenvalue weighted by atomic mass is 32.1. The Balaban J connectivity index is 2.10. The van der Waals surface area contributed by atoms with E-state index in [0.717, 1.165) is 23.5 Å². The normalized spacial score (nSPS) is 14.4. The SMILES string of the molecule is CCN(CC1CCC1)C(=O)c1sccc1C#CCN. The van der Waals surface area contributed by atoms with E-state index in [2.05, 4.69) is 11.8 Å². The molecule has 1 amide bonds. The number of nitrogens with two attached hydrogens (primary N) is 1. The Bertz CT molecular complexity index is 494. The van der Waals surface area contributed by atoms with Gasteiger partial charge in [0.1, 0.15) is 4.88 Å². The first kappa shape index (κ1) is 14.1. The zero-order valence-corrected chi connectivity index (χ0v) is 12.1. The second kappa shape index (κ2) is 6.74. The molecule has 1 aromatic rings. The molecule has 0 bridgehead atoms. The van der Waals surface area contributed by atoms with Crippen molar-refractivity contribution in [3.63, 3.8) is 0 Å². The molecule has 2 N–H and O–H groups in total. The third-order valence-corrected chi connectivity index (χ3v) is 4.46. The maximum atomic E-state index is 12.5. The lowest BCUT2D eigenvalue weighted by molar-refractivity contribution is 0.0711. The lowest BCUT2D eigenvalue weighted by atomic mass is 9.85. The van der Waals surface area contributed by atoms with Crippen LogP contribution in [0, 0.1) is 17.8 Å². The van der Waals surface area contributed by atoms with E-state index in [9.17, 15) is 4.79 Å². The topological polar surface area (TPSA) is 46.3 Å². The summed E-state index contributed by atoms with van der Waals surface area (Å²) < 4.78 is 0. The van der Waals surface area contributed by atoms with Gasteiger partial charge in [0.25, 0.3) is 5.91 Å². The fraction of sp³-hybridized carbons (Fsp3) is 0.533. The van der Waals surface area contributed by atoms with Gasteiger partial charge in [-0.25, -0.2) is 0 Å². The molecule has 4 heteroatoms. The van der Waals surface area contributed by atoms with Gasteiger partial charge in [-0.1, -0.05) is 18.3 Å². The van der Waals surface area contributed by atoms with Crippen LogP contribution in [0.25, 0.3) is 0 Å². The molecule has 3 nitrogen and oxygen atoms in total. The molecule has 19 heavy (non-hydrogen) atoms. The molecule has 0 aromatic carbocycles. The smallest absolute Gasteiger partial charge is 0.265 e. The number of nitrogens with zero attached hydrogens (tertiary/aromatic N) is 1. The van der Waals surface area contributed by atoms with Crippen molar-refractivity contribution in [2.24, 2.45) is 11.7 Å². The monoisotopic (exact) mass is 276 g/mol. The molecular weight excluding hydrogens is 256 g/mol. The first-order valence-corrected chi connectivity index (χ1v) is 7.70. The molecule has 1 heterocycles.